The summed E-state index contributed by atoms with van der Waals surface area (Å²) in [4.78, 5) is 0. The van der Waals surface area contributed by atoms with Gasteiger partial charge in [0.05, 0.1) is 11.3 Å². The SMILES string of the molecule is Cc1c(N[C@H]2C[C@@](C)(O)C2)nnc(-c2ccc(C3CC3)cc2O)c1C. The van der Waals surface area contributed by atoms with Gasteiger partial charge in [-0.25, -0.2) is 0 Å². The van der Waals surface area contributed by atoms with Gasteiger partial charge in [0.25, 0.3) is 0 Å². The molecule has 2 saturated carbocycles. The summed E-state index contributed by atoms with van der Waals surface area (Å²) in [5, 5.41) is 32.4. The Kier molecular flexibility index (Phi) is 3.72. The Bertz CT molecular complexity index is 820. The third kappa shape index (κ3) is 3.09. The first-order valence-electron chi connectivity index (χ1n) is 9.00. The lowest BCUT2D eigenvalue weighted by molar-refractivity contribution is -0.0235. The van der Waals surface area contributed by atoms with E-state index in [1.165, 1.54) is 18.4 Å². The predicted octanol–water partition coefficient (Wildman–Crippen LogP) is 3.67. The number of phenolic OH excluding ortho intramolecular Hbond substituents is 1. The number of rotatable bonds is 4. The van der Waals surface area contributed by atoms with Crippen molar-refractivity contribution < 1.29 is 10.2 Å². The molecule has 0 saturated heterocycles. The van der Waals surface area contributed by atoms with Crippen molar-refractivity contribution in [3.8, 4) is 17.0 Å². The van der Waals surface area contributed by atoms with Crippen LogP contribution in [0, 0.1) is 13.8 Å². The summed E-state index contributed by atoms with van der Waals surface area (Å²) >= 11 is 0. The van der Waals surface area contributed by atoms with Crippen molar-refractivity contribution in [1.82, 2.24) is 10.2 Å². The summed E-state index contributed by atoms with van der Waals surface area (Å²) in [5.74, 6) is 1.65. The maximum atomic E-state index is 10.4. The van der Waals surface area contributed by atoms with Crippen molar-refractivity contribution in [1.29, 1.82) is 0 Å². The van der Waals surface area contributed by atoms with Gasteiger partial charge >= 0.3 is 0 Å². The number of aromatic nitrogens is 2. The summed E-state index contributed by atoms with van der Waals surface area (Å²) in [7, 11) is 0. The van der Waals surface area contributed by atoms with Gasteiger partial charge in [0.15, 0.2) is 5.82 Å². The van der Waals surface area contributed by atoms with Crippen LogP contribution in [-0.2, 0) is 0 Å². The van der Waals surface area contributed by atoms with E-state index in [-0.39, 0.29) is 11.8 Å². The van der Waals surface area contributed by atoms with Crippen LogP contribution in [0.1, 0.15) is 55.2 Å². The van der Waals surface area contributed by atoms with E-state index in [2.05, 4.69) is 21.6 Å². The van der Waals surface area contributed by atoms with Gasteiger partial charge in [0, 0.05) is 11.6 Å². The largest absolute Gasteiger partial charge is 0.507 e. The molecule has 0 bridgehead atoms. The molecule has 0 atom stereocenters. The fourth-order valence-electron chi connectivity index (χ4n) is 3.71. The molecule has 2 fully saturated rings. The van der Waals surface area contributed by atoms with Crippen LogP contribution < -0.4 is 5.32 Å². The topological polar surface area (TPSA) is 78.3 Å². The van der Waals surface area contributed by atoms with E-state index in [0.717, 1.165) is 41.0 Å². The van der Waals surface area contributed by atoms with Gasteiger partial charge in [0.2, 0.25) is 0 Å². The quantitative estimate of drug-likeness (QED) is 0.792. The van der Waals surface area contributed by atoms with Crippen LogP contribution in [0.15, 0.2) is 18.2 Å². The highest BCUT2D eigenvalue weighted by Gasteiger charge is 2.38. The van der Waals surface area contributed by atoms with Crippen LogP contribution in [0.3, 0.4) is 0 Å². The maximum absolute atomic E-state index is 10.4. The van der Waals surface area contributed by atoms with Gasteiger partial charge in [-0.2, -0.15) is 0 Å². The molecule has 2 aliphatic rings. The van der Waals surface area contributed by atoms with Gasteiger partial charge in [-0.3, -0.25) is 0 Å². The van der Waals surface area contributed by atoms with Crippen molar-refractivity contribution in [2.75, 3.05) is 5.32 Å². The number of hydrogen-bond donors (Lipinski definition) is 3. The zero-order chi connectivity index (χ0) is 17.8. The summed E-state index contributed by atoms with van der Waals surface area (Å²) in [5.41, 5.74) is 4.14. The molecule has 132 valence electrons. The molecule has 2 aliphatic carbocycles. The second kappa shape index (κ2) is 5.70. The number of anilines is 1. The molecular formula is C20H25N3O2. The van der Waals surface area contributed by atoms with Crippen molar-refractivity contribution in [2.45, 2.75) is 64.0 Å². The number of aromatic hydroxyl groups is 1. The van der Waals surface area contributed by atoms with E-state index >= 15 is 0 Å². The molecule has 0 amide bonds. The molecule has 2 aromatic rings. The van der Waals surface area contributed by atoms with Gasteiger partial charge in [-0.05, 0) is 81.2 Å². The molecule has 25 heavy (non-hydrogen) atoms. The van der Waals surface area contributed by atoms with E-state index in [1.54, 1.807) is 0 Å². The highest BCUT2D eigenvalue weighted by molar-refractivity contribution is 5.72. The first-order valence-corrected chi connectivity index (χ1v) is 9.00. The van der Waals surface area contributed by atoms with Crippen molar-refractivity contribution in [2.24, 2.45) is 0 Å². The lowest BCUT2D eigenvalue weighted by Gasteiger charge is -2.41. The molecule has 1 aromatic carbocycles. The molecule has 0 spiro atoms. The van der Waals surface area contributed by atoms with Crippen LogP contribution in [0.5, 0.6) is 5.75 Å². The molecule has 0 radical (unpaired) electrons. The number of aliphatic hydroxyl groups is 1. The minimum atomic E-state index is -0.566. The molecule has 4 rings (SSSR count). The van der Waals surface area contributed by atoms with E-state index < -0.39 is 5.60 Å². The van der Waals surface area contributed by atoms with Crippen molar-refractivity contribution >= 4 is 5.82 Å². The molecular weight excluding hydrogens is 314 g/mol. The standard InChI is InChI=1S/C20H25N3O2/c1-11-12(2)19(21-15-9-20(3,25)10-15)23-22-18(11)16-7-6-14(8-17(16)24)13-4-5-13/h6-8,13,15,24-25H,4-5,9-10H2,1-3H3,(H,21,23)/t15-,20+. The smallest absolute Gasteiger partial charge is 0.152 e. The average Bonchev–Trinajstić information content (AvgIpc) is 3.35. The number of phenols is 1. The number of nitrogens with one attached hydrogen (secondary N) is 1. The zero-order valence-corrected chi connectivity index (χ0v) is 15.0. The van der Waals surface area contributed by atoms with Crippen molar-refractivity contribution in [3.63, 3.8) is 0 Å². The summed E-state index contributed by atoms with van der Waals surface area (Å²) in [6, 6.07) is 6.15. The fraction of sp³-hybridized carbons (Fsp3) is 0.500. The lowest BCUT2D eigenvalue weighted by Crippen LogP contribution is -2.48. The van der Waals surface area contributed by atoms with Gasteiger partial charge in [-0.15, -0.1) is 10.2 Å². The molecule has 0 unspecified atom stereocenters. The molecule has 3 N–H and O–H groups in total. The molecule has 0 aliphatic heterocycles. The monoisotopic (exact) mass is 339 g/mol. The maximum Gasteiger partial charge on any atom is 0.152 e. The summed E-state index contributed by atoms with van der Waals surface area (Å²) in [6.45, 7) is 5.88. The van der Waals surface area contributed by atoms with Crippen molar-refractivity contribution in [3.05, 3.63) is 34.9 Å². The van der Waals surface area contributed by atoms with Crippen LogP contribution >= 0.6 is 0 Å². The van der Waals surface area contributed by atoms with Gasteiger partial charge in [0.1, 0.15) is 5.75 Å². The summed E-state index contributed by atoms with van der Waals surface area (Å²) in [6.07, 6.45) is 3.87. The fourth-order valence-corrected chi connectivity index (χ4v) is 3.71. The van der Waals surface area contributed by atoms with Crippen LogP contribution in [0.25, 0.3) is 11.3 Å². The molecule has 1 aromatic heterocycles. The Hall–Kier alpha value is -2.14. The number of nitrogens with zero attached hydrogens (tertiary/aromatic N) is 2. The highest BCUT2D eigenvalue weighted by Crippen LogP contribution is 2.43. The Morgan fingerprint density at radius 2 is 1.84 bits per heavy atom. The third-order valence-electron chi connectivity index (χ3n) is 5.56. The van der Waals surface area contributed by atoms with Crippen LogP contribution in [-0.4, -0.2) is 32.1 Å². The average molecular weight is 339 g/mol. The van der Waals surface area contributed by atoms with Crippen LogP contribution in [0.4, 0.5) is 5.82 Å². The Morgan fingerprint density at radius 1 is 1.12 bits per heavy atom. The Balaban J connectivity index is 1.60. The second-order valence-corrected chi connectivity index (χ2v) is 7.94. The second-order valence-electron chi connectivity index (χ2n) is 7.94. The van der Waals surface area contributed by atoms with Gasteiger partial charge < -0.3 is 15.5 Å². The van der Waals surface area contributed by atoms with E-state index in [4.69, 9.17) is 0 Å². The highest BCUT2D eigenvalue weighted by atomic mass is 16.3. The van der Waals surface area contributed by atoms with Crippen LogP contribution in [0.2, 0.25) is 0 Å². The molecule has 5 heteroatoms. The third-order valence-corrected chi connectivity index (χ3v) is 5.56. The van der Waals surface area contributed by atoms with E-state index in [9.17, 15) is 10.2 Å². The Morgan fingerprint density at radius 3 is 2.44 bits per heavy atom. The first kappa shape index (κ1) is 16.3. The Labute approximate surface area is 148 Å². The first-order chi connectivity index (χ1) is 11.8. The van der Waals surface area contributed by atoms with Gasteiger partial charge in [-0.1, -0.05) is 6.07 Å². The minimum Gasteiger partial charge on any atom is -0.507 e. The number of benzene rings is 1. The normalized spacial score (nSPS) is 25.5. The zero-order valence-electron chi connectivity index (χ0n) is 15.0. The predicted molar refractivity (Wildman–Crippen MR) is 97.9 cm³/mol. The summed E-state index contributed by atoms with van der Waals surface area (Å²) < 4.78 is 0. The van der Waals surface area contributed by atoms with E-state index in [1.807, 2.05) is 32.9 Å². The molecule has 1 heterocycles. The van der Waals surface area contributed by atoms with E-state index in [0.29, 0.717) is 5.92 Å². The molecule has 5 nitrogen and oxygen atoms in total. The lowest BCUT2D eigenvalue weighted by atomic mass is 9.77. The minimum absolute atomic E-state index is 0.236. The number of hydrogen-bond acceptors (Lipinski definition) is 5.